The summed E-state index contributed by atoms with van der Waals surface area (Å²) in [7, 11) is 0. The van der Waals surface area contributed by atoms with Gasteiger partial charge < -0.3 is 0 Å². The van der Waals surface area contributed by atoms with Gasteiger partial charge in [0.2, 0.25) is 5.82 Å². The summed E-state index contributed by atoms with van der Waals surface area (Å²) in [6, 6.07) is 0. The van der Waals surface area contributed by atoms with Gasteiger partial charge in [-0.3, -0.25) is 0 Å². The largest absolute Gasteiger partial charge is 0.204 e. The third kappa shape index (κ3) is 1.64. The number of aromatic amines is 1. The molecule has 0 atom stereocenters. The lowest BCUT2D eigenvalue weighted by atomic mass is 10.0. The van der Waals surface area contributed by atoms with E-state index in [1.165, 1.54) is 5.57 Å². The van der Waals surface area contributed by atoms with Gasteiger partial charge in [-0.05, 0) is 23.6 Å². The van der Waals surface area contributed by atoms with E-state index in [4.69, 9.17) is 0 Å². The Bertz CT molecular complexity index is 384. The molecule has 0 radical (unpaired) electrons. The maximum absolute atomic E-state index is 4.00. The highest BCUT2D eigenvalue weighted by Crippen LogP contribution is 2.24. The first-order valence-electron chi connectivity index (χ1n) is 4.72. The van der Waals surface area contributed by atoms with Gasteiger partial charge in [0.1, 0.15) is 0 Å². The van der Waals surface area contributed by atoms with Crippen LogP contribution in [0.1, 0.15) is 25.6 Å². The number of hydrogen-bond acceptors (Lipinski definition) is 3. The average Bonchev–Trinajstić information content (AvgIpc) is 2.63. The lowest BCUT2D eigenvalue weighted by molar-refractivity contribution is 0.881. The Kier molecular flexibility index (Phi) is 2.53. The molecule has 0 amide bonds. The minimum Gasteiger partial charge on any atom is -0.177 e. The number of tetrazole rings is 1. The van der Waals surface area contributed by atoms with E-state index in [0.29, 0.717) is 5.82 Å². The molecular weight excluding hydrogens is 176 g/mol. The lowest BCUT2D eigenvalue weighted by Crippen LogP contribution is -1.91. The van der Waals surface area contributed by atoms with Crippen LogP contribution in [0.2, 0.25) is 0 Å². The zero-order valence-electron chi connectivity index (χ0n) is 8.07. The third-order valence-corrected chi connectivity index (χ3v) is 2.20. The van der Waals surface area contributed by atoms with Gasteiger partial charge in [-0.25, -0.2) is 0 Å². The van der Waals surface area contributed by atoms with E-state index in [1.54, 1.807) is 0 Å². The fourth-order valence-electron chi connectivity index (χ4n) is 1.49. The normalized spacial score (nSPS) is 16.1. The van der Waals surface area contributed by atoms with Crippen LogP contribution in [0.3, 0.4) is 0 Å². The molecule has 1 heterocycles. The second-order valence-corrected chi connectivity index (χ2v) is 3.06. The summed E-state index contributed by atoms with van der Waals surface area (Å²) in [5, 5.41) is 14.0. The number of hydrogen-bond donors (Lipinski definition) is 1. The first-order valence-corrected chi connectivity index (χ1v) is 4.72. The molecule has 72 valence electrons. The molecule has 0 saturated heterocycles. The molecule has 1 aliphatic carbocycles. The van der Waals surface area contributed by atoms with E-state index in [9.17, 15) is 0 Å². The maximum Gasteiger partial charge on any atom is 0.204 e. The molecule has 14 heavy (non-hydrogen) atoms. The van der Waals surface area contributed by atoms with Crippen molar-refractivity contribution in [2.75, 3.05) is 0 Å². The van der Waals surface area contributed by atoms with E-state index in [0.717, 1.165) is 18.4 Å². The zero-order valence-corrected chi connectivity index (χ0v) is 8.07. The van der Waals surface area contributed by atoms with Crippen molar-refractivity contribution in [2.24, 2.45) is 0 Å². The molecule has 0 unspecified atom stereocenters. The molecule has 0 spiro atoms. The summed E-state index contributed by atoms with van der Waals surface area (Å²) in [5.74, 6) is 0.682. The number of rotatable bonds is 2. The molecule has 1 aromatic heterocycles. The number of H-pyrrole nitrogens is 1. The molecule has 4 nitrogen and oxygen atoms in total. The molecule has 1 aliphatic rings. The van der Waals surface area contributed by atoms with Gasteiger partial charge in [-0.2, -0.15) is 5.21 Å². The summed E-state index contributed by atoms with van der Waals surface area (Å²) in [5.41, 5.74) is 2.34. The summed E-state index contributed by atoms with van der Waals surface area (Å²) in [6.45, 7) is 2.12. The number of allylic oxidation sites excluding steroid dienone is 6. The summed E-state index contributed by atoms with van der Waals surface area (Å²) < 4.78 is 0. The van der Waals surface area contributed by atoms with Gasteiger partial charge in [0.25, 0.3) is 0 Å². The highest BCUT2D eigenvalue weighted by Gasteiger charge is 2.10. The summed E-state index contributed by atoms with van der Waals surface area (Å²) >= 11 is 0. The van der Waals surface area contributed by atoms with Crippen molar-refractivity contribution in [1.29, 1.82) is 0 Å². The molecular formula is C10H12N4. The number of aromatic nitrogens is 4. The Morgan fingerprint density at radius 1 is 1.50 bits per heavy atom. The fourth-order valence-corrected chi connectivity index (χ4v) is 1.49. The molecule has 1 N–H and O–H groups in total. The van der Waals surface area contributed by atoms with Crippen LogP contribution < -0.4 is 0 Å². The van der Waals surface area contributed by atoms with Crippen molar-refractivity contribution in [3.05, 3.63) is 35.7 Å². The van der Waals surface area contributed by atoms with Crippen LogP contribution in [-0.2, 0) is 0 Å². The molecule has 4 heteroatoms. The minimum atomic E-state index is 0.682. The smallest absolute Gasteiger partial charge is 0.177 e. The van der Waals surface area contributed by atoms with Crippen molar-refractivity contribution in [3.63, 3.8) is 0 Å². The predicted octanol–water partition coefficient (Wildman–Crippen LogP) is 1.88. The SMILES string of the molecule is CCC1=CC=CCC=C1c1nn[nH]n1. The second kappa shape index (κ2) is 4.00. The fraction of sp³-hybridized carbons (Fsp3) is 0.300. The van der Waals surface area contributed by atoms with Gasteiger partial charge in [0.15, 0.2) is 0 Å². The predicted molar refractivity (Wildman–Crippen MR) is 54.3 cm³/mol. The molecule has 0 saturated carbocycles. The van der Waals surface area contributed by atoms with Crippen molar-refractivity contribution in [2.45, 2.75) is 19.8 Å². The quantitative estimate of drug-likeness (QED) is 0.770. The summed E-state index contributed by atoms with van der Waals surface area (Å²) in [4.78, 5) is 0. The molecule has 1 aromatic rings. The van der Waals surface area contributed by atoms with Gasteiger partial charge in [-0.1, -0.05) is 31.2 Å². The van der Waals surface area contributed by atoms with E-state index in [1.807, 2.05) is 0 Å². The van der Waals surface area contributed by atoms with Crippen molar-refractivity contribution in [3.8, 4) is 0 Å². The number of nitrogens with one attached hydrogen (secondary N) is 1. The molecule has 0 aliphatic heterocycles. The highest BCUT2D eigenvalue weighted by atomic mass is 15.5. The average molecular weight is 188 g/mol. The third-order valence-electron chi connectivity index (χ3n) is 2.20. The highest BCUT2D eigenvalue weighted by molar-refractivity contribution is 5.75. The van der Waals surface area contributed by atoms with E-state index in [2.05, 4.69) is 51.9 Å². The van der Waals surface area contributed by atoms with E-state index < -0.39 is 0 Å². The summed E-state index contributed by atoms with van der Waals surface area (Å²) in [6.07, 6.45) is 10.3. The molecule has 0 aromatic carbocycles. The van der Waals surface area contributed by atoms with Crippen LogP contribution in [0.25, 0.3) is 5.57 Å². The Morgan fingerprint density at radius 3 is 3.14 bits per heavy atom. The first kappa shape index (κ1) is 8.87. The van der Waals surface area contributed by atoms with Crippen molar-refractivity contribution >= 4 is 5.57 Å². The van der Waals surface area contributed by atoms with E-state index >= 15 is 0 Å². The minimum absolute atomic E-state index is 0.682. The van der Waals surface area contributed by atoms with Crippen LogP contribution in [0.15, 0.2) is 29.9 Å². The Balaban J connectivity index is 2.38. The van der Waals surface area contributed by atoms with Crippen LogP contribution in [0, 0.1) is 0 Å². The maximum atomic E-state index is 4.00. The van der Waals surface area contributed by atoms with Gasteiger partial charge in [0.05, 0.1) is 0 Å². The van der Waals surface area contributed by atoms with Crippen molar-refractivity contribution < 1.29 is 0 Å². The molecule has 0 fully saturated rings. The monoisotopic (exact) mass is 188 g/mol. The van der Waals surface area contributed by atoms with Crippen LogP contribution in [0.5, 0.6) is 0 Å². The van der Waals surface area contributed by atoms with Gasteiger partial charge in [-0.15, -0.1) is 10.2 Å². The molecule has 2 rings (SSSR count). The van der Waals surface area contributed by atoms with Gasteiger partial charge >= 0.3 is 0 Å². The van der Waals surface area contributed by atoms with Crippen LogP contribution >= 0.6 is 0 Å². The number of nitrogens with zero attached hydrogens (tertiary/aromatic N) is 3. The second-order valence-electron chi connectivity index (χ2n) is 3.06. The Hall–Kier alpha value is -1.71. The van der Waals surface area contributed by atoms with Crippen molar-refractivity contribution in [1.82, 2.24) is 20.6 Å². The topological polar surface area (TPSA) is 54.5 Å². The first-order chi connectivity index (χ1) is 6.92. The zero-order chi connectivity index (χ0) is 9.80. The Morgan fingerprint density at radius 2 is 2.43 bits per heavy atom. The molecule has 0 bridgehead atoms. The van der Waals surface area contributed by atoms with Crippen LogP contribution in [0.4, 0.5) is 0 Å². The Labute approximate surface area is 82.4 Å². The van der Waals surface area contributed by atoms with Crippen LogP contribution in [-0.4, -0.2) is 20.6 Å². The lowest BCUT2D eigenvalue weighted by Gasteiger charge is -2.03. The van der Waals surface area contributed by atoms with Gasteiger partial charge in [0, 0.05) is 5.57 Å². The van der Waals surface area contributed by atoms with E-state index in [-0.39, 0.29) is 0 Å². The standard InChI is InChI=1S/C10H12N4/c1-2-8-6-4-3-5-7-9(8)10-11-13-14-12-10/h3-4,6-7H,2,5H2,1H3,(H,11,12,13,14).